The van der Waals surface area contributed by atoms with E-state index in [1.807, 2.05) is 0 Å². The summed E-state index contributed by atoms with van der Waals surface area (Å²) in [5.41, 5.74) is -0.222. The molecule has 5 saturated carbocycles. The number of nitrogens with one attached hydrogen (secondary N) is 1. The zero-order chi connectivity index (χ0) is 20.6. The van der Waals surface area contributed by atoms with Gasteiger partial charge in [-0.3, -0.25) is 9.48 Å². The van der Waals surface area contributed by atoms with Crippen LogP contribution in [0, 0.1) is 23.2 Å². The molecule has 1 unspecified atom stereocenters. The highest BCUT2D eigenvalue weighted by molar-refractivity contribution is 9.10. The van der Waals surface area contributed by atoms with E-state index in [-0.39, 0.29) is 21.7 Å². The van der Waals surface area contributed by atoms with Gasteiger partial charge >= 0.3 is 6.18 Å². The molecule has 0 radical (unpaired) electrons. The average molecular weight is 474 g/mol. The number of hydrogen-bond donors (Lipinski definition) is 1. The van der Waals surface area contributed by atoms with Gasteiger partial charge in [-0.05, 0) is 97.4 Å². The SMILES string of the molecule is CC(C(=O)NCC12CC3CC(CC(C3)C1)C2)n1nc(C(F)(F)F)c(Br)c1C1CC1. The van der Waals surface area contributed by atoms with Crippen LogP contribution >= 0.6 is 15.9 Å². The van der Waals surface area contributed by atoms with Gasteiger partial charge in [-0.1, -0.05) is 0 Å². The van der Waals surface area contributed by atoms with Crippen LogP contribution in [0.2, 0.25) is 0 Å². The maximum absolute atomic E-state index is 13.4. The highest BCUT2D eigenvalue weighted by Gasteiger charge is 2.51. The average Bonchev–Trinajstić information content (AvgIpc) is 3.39. The normalized spacial score (nSPS) is 34.4. The van der Waals surface area contributed by atoms with Crippen LogP contribution < -0.4 is 5.32 Å². The van der Waals surface area contributed by atoms with Crippen molar-refractivity contribution in [2.45, 2.75) is 76.4 Å². The standard InChI is InChI=1S/C21H27BrF3N3O/c1-11(28-17(15-2-3-15)16(22)18(27-28)21(23,24)25)19(29)26-10-20-7-12-4-13(8-20)6-14(5-12)9-20/h11-15H,2-10H2,1H3,(H,26,29). The lowest BCUT2D eigenvalue weighted by Gasteiger charge is -2.57. The molecule has 0 spiro atoms. The second-order valence-corrected chi connectivity index (χ2v) is 10.9. The molecule has 0 aromatic carbocycles. The van der Waals surface area contributed by atoms with Crippen molar-refractivity contribution >= 4 is 21.8 Å². The molecule has 5 aliphatic carbocycles. The molecule has 6 rings (SSSR count). The van der Waals surface area contributed by atoms with Crippen LogP contribution in [0.15, 0.2) is 4.47 Å². The second kappa shape index (κ2) is 6.72. The van der Waals surface area contributed by atoms with E-state index in [1.54, 1.807) is 6.92 Å². The van der Waals surface area contributed by atoms with Crippen LogP contribution in [-0.2, 0) is 11.0 Å². The summed E-state index contributed by atoms with van der Waals surface area (Å²) in [4.78, 5) is 12.9. The molecule has 1 N–H and O–H groups in total. The minimum atomic E-state index is -4.54. The number of hydrogen-bond acceptors (Lipinski definition) is 2. The summed E-state index contributed by atoms with van der Waals surface area (Å²) in [6, 6.07) is -0.757. The topological polar surface area (TPSA) is 46.9 Å². The summed E-state index contributed by atoms with van der Waals surface area (Å²) in [6.07, 6.45) is 4.72. The van der Waals surface area contributed by atoms with Crippen molar-refractivity contribution in [3.05, 3.63) is 15.9 Å². The van der Waals surface area contributed by atoms with Crippen molar-refractivity contribution in [2.75, 3.05) is 6.54 Å². The Morgan fingerprint density at radius 2 is 1.76 bits per heavy atom. The van der Waals surface area contributed by atoms with E-state index in [9.17, 15) is 18.0 Å². The molecule has 5 aliphatic rings. The highest BCUT2D eigenvalue weighted by Crippen LogP contribution is 2.59. The van der Waals surface area contributed by atoms with E-state index in [0.717, 1.165) is 30.6 Å². The Hall–Kier alpha value is -1.05. The molecule has 1 aromatic heterocycles. The zero-order valence-electron chi connectivity index (χ0n) is 16.6. The lowest BCUT2D eigenvalue weighted by Crippen LogP contribution is -2.51. The predicted molar refractivity (Wildman–Crippen MR) is 105 cm³/mol. The minimum absolute atomic E-state index is 0.00626. The third-order valence-corrected chi connectivity index (χ3v) is 8.45. The molecule has 1 heterocycles. The lowest BCUT2D eigenvalue weighted by molar-refractivity contribution is -0.142. The summed E-state index contributed by atoms with van der Waals surface area (Å²) in [7, 11) is 0. The summed E-state index contributed by atoms with van der Waals surface area (Å²) in [5, 5.41) is 6.92. The maximum Gasteiger partial charge on any atom is 0.436 e. The van der Waals surface area contributed by atoms with Crippen LogP contribution in [0.4, 0.5) is 13.2 Å². The number of aromatic nitrogens is 2. The molecule has 1 aromatic rings. The van der Waals surface area contributed by atoms with Crippen molar-refractivity contribution in [3.8, 4) is 0 Å². The maximum atomic E-state index is 13.4. The molecule has 29 heavy (non-hydrogen) atoms. The van der Waals surface area contributed by atoms with Crippen LogP contribution in [0.25, 0.3) is 0 Å². The first kappa shape index (κ1) is 19.9. The largest absolute Gasteiger partial charge is 0.436 e. The Morgan fingerprint density at radius 3 is 2.24 bits per heavy atom. The van der Waals surface area contributed by atoms with Gasteiger partial charge in [0.15, 0.2) is 5.69 Å². The van der Waals surface area contributed by atoms with E-state index in [2.05, 4.69) is 26.3 Å². The van der Waals surface area contributed by atoms with Gasteiger partial charge in [-0.25, -0.2) is 0 Å². The molecule has 0 aliphatic heterocycles. The molecular formula is C21H27BrF3N3O. The van der Waals surface area contributed by atoms with E-state index in [0.29, 0.717) is 12.2 Å². The van der Waals surface area contributed by atoms with Crippen molar-refractivity contribution in [3.63, 3.8) is 0 Å². The Labute approximate surface area is 177 Å². The van der Waals surface area contributed by atoms with Crippen LogP contribution in [0.1, 0.15) is 81.6 Å². The van der Waals surface area contributed by atoms with Gasteiger partial charge in [0.25, 0.3) is 0 Å². The van der Waals surface area contributed by atoms with E-state index < -0.39 is 17.9 Å². The second-order valence-electron chi connectivity index (χ2n) is 10.1. The first-order valence-corrected chi connectivity index (χ1v) is 11.6. The molecule has 160 valence electrons. The predicted octanol–water partition coefficient (Wildman–Crippen LogP) is 5.44. The first-order valence-electron chi connectivity index (χ1n) is 10.8. The first-order chi connectivity index (χ1) is 13.7. The van der Waals surface area contributed by atoms with Crippen molar-refractivity contribution in [1.29, 1.82) is 0 Å². The molecular weight excluding hydrogens is 447 g/mol. The minimum Gasteiger partial charge on any atom is -0.354 e. The summed E-state index contributed by atoms with van der Waals surface area (Å²) in [5.74, 6) is 2.22. The summed E-state index contributed by atoms with van der Waals surface area (Å²) >= 11 is 3.11. The van der Waals surface area contributed by atoms with Crippen LogP contribution in [-0.4, -0.2) is 22.2 Å². The number of nitrogens with zero attached hydrogens (tertiary/aromatic N) is 2. The molecule has 4 nitrogen and oxygen atoms in total. The third kappa shape index (κ3) is 3.53. The molecule has 4 bridgehead atoms. The van der Waals surface area contributed by atoms with Gasteiger partial charge < -0.3 is 5.32 Å². The van der Waals surface area contributed by atoms with Gasteiger partial charge in [0.2, 0.25) is 5.91 Å². The Morgan fingerprint density at radius 1 is 1.21 bits per heavy atom. The molecule has 0 saturated heterocycles. The van der Waals surface area contributed by atoms with E-state index >= 15 is 0 Å². The van der Waals surface area contributed by atoms with E-state index in [1.165, 1.54) is 43.2 Å². The fourth-order valence-corrected chi connectivity index (χ4v) is 7.48. The number of carbonyl (C=O) groups is 1. The van der Waals surface area contributed by atoms with E-state index in [4.69, 9.17) is 0 Å². The third-order valence-electron chi connectivity index (χ3n) is 7.67. The quantitative estimate of drug-likeness (QED) is 0.618. The number of carbonyl (C=O) groups excluding carboxylic acids is 1. The Kier molecular flexibility index (Phi) is 4.61. The smallest absolute Gasteiger partial charge is 0.354 e. The van der Waals surface area contributed by atoms with Crippen molar-refractivity contribution in [1.82, 2.24) is 15.1 Å². The van der Waals surface area contributed by atoms with Gasteiger partial charge in [-0.2, -0.15) is 18.3 Å². The fourth-order valence-electron chi connectivity index (χ4n) is 6.67. The monoisotopic (exact) mass is 473 g/mol. The molecule has 8 heteroatoms. The lowest BCUT2D eigenvalue weighted by atomic mass is 9.49. The van der Waals surface area contributed by atoms with Crippen molar-refractivity contribution in [2.24, 2.45) is 23.2 Å². The Balaban J connectivity index is 1.32. The summed E-state index contributed by atoms with van der Waals surface area (Å²) in [6.45, 7) is 2.30. The van der Waals surface area contributed by atoms with Gasteiger partial charge in [0, 0.05) is 12.5 Å². The zero-order valence-corrected chi connectivity index (χ0v) is 18.2. The van der Waals surface area contributed by atoms with Gasteiger partial charge in [0.1, 0.15) is 6.04 Å². The van der Waals surface area contributed by atoms with Crippen molar-refractivity contribution < 1.29 is 18.0 Å². The summed E-state index contributed by atoms with van der Waals surface area (Å²) < 4.78 is 41.4. The number of amides is 1. The number of halogens is 4. The fraction of sp³-hybridized carbons (Fsp3) is 0.810. The van der Waals surface area contributed by atoms with Gasteiger partial charge in [0.05, 0.1) is 10.2 Å². The number of alkyl halides is 3. The van der Waals surface area contributed by atoms with Gasteiger partial charge in [-0.15, -0.1) is 0 Å². The molecule has 1 amide bonds. The van der Waals surface area contributed by atoms with Crippen LogP contribution in [0.3, 0.4) is 0 Å². The highest BCUT2D eigenvalue weighted by atomic mass is 79.9. The molecule has 1 atom stereocenters. The molecule has 5 fully saturated rings. The van der Waals surface area contributed by atoms with Crippen LogP contribution in [0.5, 0.6) is 0 Å². The number of rotatable bonds is 5. The Bertz CT molecular complexity index is 795.